The van der Waals surface area contributed by atoms with Crippen LogP contribution in [0.1, 0.15) is 8.22 Å². The monoisotopic (exact) mass is 827 g/mol. The third kappa shape index (κ3) is 5.59. The SMILES string of the molecule is [2H]c1cc([2H])c2sc3c(-c4cccc(-c5nc(-c6ccccc6)nc(-n6c7ccccc7c7ccc(-c8ccccc8)cc76)n5)c4-n4c5ccccc5c5ccccc54)c([2H])c([2H])c([2H])c3c2c1[2H]. The number of benzene rings is 9. The van der Waals surface area contributed by atoms with Crippen LogP contribution in [0.4, 0.5) is 0 Å². The van der Waals surface area contributed by atoms with E-state index in [0.717, 1.165) is 60.3 Å². The summed E-state index contributed by atoms with van der Waals surface area (Å²) in [4.78, 5) is 16.1. The van der Waals surface area contributed by atoms with Crippen molar-refractivity contribution in [1.29, 1.82) is 0 Å². The average molecular weight is 828 g/mol. The summed E-state index contributed by atoms with van der Waals surface area (Å²) in [6.07, 6.45) is 0. The van der Waals surface area contributed by atoms with Gasteiger partial charge in [-0.15, -0.1) is 11.3 Å². The lowest BCUT2D eigenvalue weighted by Crippen LogP contribution is -2.08. The lowest BCUT2D eigenvalue weighted by atomic mass is 9.97. The molecule has 0 saturated heterocycles. The van der Waals surface area contributed by atoms with Crippen molar-refractivity contribution in [3.63, 3.8) is 0 Å². The molecule has 9 aromatic carbocycles. The largest absolute Gasteiger partial charge is 0.308 e. The minimum Gasteiger partial charge on any atom is -0.308 e. The van der Waals surface area contributed by atoms with Gasteiger partial charge < -0.3 is 4.57 Å². The van der Waals surface area contributed by atoms with E-state index in [-0.39, 0.29) is 47.0 Å². The van der Waals surface area contributed by atoms with E-state index in [1.54, 1.807) is 0 Å². The lowest BCUT2D eigenvalue weighted by molar-refractivity contribution is 0.952. The van der Waals surface area contributed by atoms with Crippen LogP contribution in [0, 0.1) is 0 Å². The fourth-order valence-corrected chi connectivity index (χ4v) is 10.3. The third-order valence-electron chi connectivity index (χ3n) is 12.0. The van der Waals surface area contributed by atoms with Gasteiger partial charge in [-0.2, -0.15) is 9.97 Å². The smallest absolute Gasteiger partial charge is 0.238 e. The second-order valence-electron chi connectivity index (χ2n) is 15.5. The van der Waals surface area contributed by atoms with Gasteiger partial charge in [-0.05, 0) is 47.5 Å². The normalized spacial score (nSPS) is 13.1. The van der Waals surface area contributed by atoms with Crippen LogP contribution in [0.2, 0.25) is 0 Å². The van der Waals surface area contributed by atoms with E-state index in [9.17, 15) is 4.11 Å². The molecule has 6 heteroatoms. The summed E-state index contributed by atoms with van der Waals surface area (Å²) in [5.74, 6) is 1.23. The van der Waals surface area contributed by atoms with E-state index < -0.39 is 0 Å². The summed E-state index contributed by atoms with van der Waals surface area (Å²) in [5.41, 5.74) is 8.77. The first-order chi connectivity index (χ1) is 33.7. The molecule has 0 fully saturated rings. The molecule has 13 aromatic rings. The number of rotatable bonds is 6. The Morgan fingerprint density at radius 3 is 1.71 bits per heavy atom. The highest BCUT2D eigenvalue weighted by molar-refractivity contribution is 7.26. The zero-order valence-corrected chi connectivity index (χ0v) is 34.2. The molecule has 0 aliphatic carbocycles. The van der Waals surface area contributed by atoms with Gasteiger partial charge in [0.25, 0.3) is 0 Å². The summed E-state index contributed by atoms with van der Waals surface area (Å²) >= 11 is 1.22. The van der Waals surface area contributed by atoms with Crippen LogP contribution in [0.5, 0.6) is 0 Å². The number of thiophene rings is 1. The van der Waals surface area contributed by atoms with Gasteiger partial charge in [-0.1, -0.05) is 176 Å². The van der Waals surface area contributed by atoms with E-state index in [0.29, 0.717) is 49.4 Å². The summed E-state index contributed by atoms with van der Waals surface area (Å²) in [7, 11) is 0. The molecule has 0 saturated carbocycles. The highest BCUT2D eigenvalue weighted by atomic mass is 32.1. The van der Waals surface area contributed by atoms with Crippen LogP contribution in [0.3, 0.4) is 0 Å². The topological polar surface area (TPSA) is 48.5 Å². The molecule has 4 aromatic heterocycles. The first-order valence-corrected chi connectivity index (χ1v) is 21.5. The maximum atomic E-state index is 9.72. The number of para-hydroxylation sites is 4. The van der Waals surface area contributed by atoms with Crippen LogP contribution in [-0.4, -0.2) is 24.1 Å². The molecule has 0 aliphatic rings. The van der Waals surface area contributed by atoms with Gasteiger partial charge in [0.05, 0.1) is 36.0 Å². The van der Waals surface area contributed by atoms with Crippen molar-refractivity contribution >= 4 is 75.1 Å². The van der Waals surface area contributed by atoms with Crippen molar-refractivity contribution in [1.82, 2.24) is 24.1 Å². The molecule has 0 amide bonds. The Bertz CT molecular complexity index is 4220. The molecular weight excluding hydrogens is 787 g/mol. The van der Waals surface area contributed by atoms with Gasteiger partial charge in [0, 0.05) is 64.0 Å². The van der Waals surface area contributed by atoms with E-state index in [4.69, 9.17) is 19.1 Å². The highest BCUT2D eigenvalue weighted by Crippen LogP contribution is 2.46. The number of nitrogens with zero attached hydrogens (tertiary/aromatic N) is 5. The van der Waals surface area contributed by atoms with Crippen LogP contribution in [-0.2, 0) is 0 Å². The molecule has 0 N–H and O–H groups in total. The predicted molar refractivity (Wildman–Crippen MR) is 263 cm³/mol. The zero-order valence-electron chi connectivity index (χ0n) is 39.4. The molecule has 63 heavy (non-hydrogen) atoms. The second kappa shape index (κ2) is 14.2. The molecule has 13 rings (SSSR count). The zero-order chi connectivity index (χ0) is 46.7. The third-order valence-corrected chi connectivity index (χ3v) is 13.1. The Morgan fingerprint density at radius 1 is 0.381 bits per heavy atom. The average Bonchev–Trinajstić information content (AvgIpc) is 4.06. The predicted octanol–water partition coefficient (Wildman–Crippen LogP) is 15.1. The Labute approximate surface area is 374 Å². The molecule has 0 spiro atoms. The summed E-state index contributed by atoms with van der Waals surface area (Å²) in [6, 6.07) is 57.6. The Morgan fingerprint density at radius 2 is 0.984 bits per heavy atom. The van der Waals surface area contributed by atoms with E-state index in [1.807, 2.05) is 103 Å². The Kier molecular flexibility index (Phi) is 6.75. The van der Waals surface area contributed by atoms with Gasteiger partial charge in [0.15, 0.2) is 11.6 Å². The van der Waals surface area contributed by atoms with Gasteiger partial charge >= 0.3 is 0 Å². The summed E-state index contributed by atoms with van der Waals surface area (Å²) < 4.78 is 60.0. The maximum absolute atomic E-state index is 9.72. The number of aromatic nitrogens is 5. The van der Waals surface area contributed by atoms with Crippen LogP contribution >= 0.6 is 11.3 Å². The van der Waals surface area contributed by atoms with E-state index in [2.05, 4.69) is 75.9 Å². The van der Waals surface area contributed by atoms with Crippen molar-refractivity contribution in [3.8, 4) is 56.7 Å². The van der Waals surface area contributed by atoms with E-state index >= 15 is 0 Å². The molecule has 0 bridgehead atoms. The van der Waals surface area contributed by atoms with Gasteiger partial charge in [0.1, 0.15) is 0 Å². The molecular formula is C57H35N5S. The second-order valence-corrected chi connectivity index (χ2v) is 16.5. The molecule has 294 valence electrons. The summed E-state index contributed by atoms with van der Waals surface area (Å²) in [5, 5.41) is 4.68. The van der Waals surface area contributed by atoms with Crippen LogP contribution < -0.4 is 0 Å². The Balaban J connectivity index is 1.18. The standard InChI is InChI=1S/C57H35N5S/c1-3-17-36(18-4-1)38-33-34-42-41-23-9-13-31-50(41)62(51(42)35-38)57-59-55(37-19-5-2-6-20-37)58-56(60-57)47-28-15-25-44(46-27-16-26-45-43-24-10-14-32-52(43)63-54(45)46)53(47)61-48-29-11-7-21-39(48)40-22-8-12-30-49(40)61/h1-35H/i10D,16D,24D,26D,27D,32D. The fraction of sp³-hybridized carbons (Fsp3) is 0. The summed E-state index contributed by atoms with van der Waals surface area (Å²) in [6.45, 7) is 0. The molecule has 0 aliphatic heterocycles. The quantitative estimate of drug-likeness (QED) is 0.168. The van der Waals surface area contributed by atoms with Gasteiger partial charge in [-0.25, -0.2) is 4.98 Å². The van der Waals surface area contributed by atoms with E-state index in [1.165, 1.54) is 17.4 Å². The minimum atomic E-state index is -0.313. The van der Waals surface area contributed by atoms with Gasteiger partial charge in [-0.3, -0.25) is 4.57 Å². The molecule has 0 atom stereocenters. The molecule has 0 radical (unpaired) electrons. The molecule has 0 unspecified atom stereocenters. The molecule has 5 nitrogen and oxygen atoms in total. The lowest BCUT2D eigenvalue weighted by Gasteiger charge is -2.19. The van der Waals surface area contributed by atoms with Crippen molar-refractivity contribution in [2.24, 2.45) is 0 Å². The highest BCUT2D eigenvalue weighted by Gasteiger charge is 2.25. The van der Waals surface area contributed by atoms with Crippen molar-refractivity contribution in [2.75, 3.05) is 0 Å². The first-order valence-electron chi connectivity index (χ1n) is 23.7. The number of fused-ring (bicyclic) bond motifs is 9. The minimum absolute atomic E-state index is 0.0547. The fourth-order valence-electron chi connectivity index (χ4n) is 9.19. The van der Waals surface area contributed by atoms with Crippen molar-refractivity contribution < 1.29 is 8.22 Å². The van der Waals surface area contributed by atoms with Gasteiger partial charge in [0.2, 0.25) is 5.95 Å². The Hall–Kier alpha value is -8.19. The van der Waals surface area contributed by atoms with Crippen LogP contribution in [0.15, 0.2) is 212 Å². The van der Waals surface area contributed by atoms with Crippen molar-refractivity contribution in [2.45, 2.75) is 0 Å². The maximum Gasteiger partial charge on any atom is 0.238 e. The number of hydrogen-bond donors (Lipinski definition) is 0. The van der Waals surface area contributed by atoms with Crippen molar-refractivity contribution in [3.05, 3.63) is 212 Å². The number of hydrogen-bond acceptors (Lipinski definition) is 4. The first kappa shape index (κ1) is 29.9. The van der Waals surface area contributed by atoms with Crippen LogP contribution in [0.25, 0.3) is 120 Å². The molecule has 4 heterocycles.